The number of hydrogen-bond donors (Lipinski definition) is 1. The van der Waals surface area contributed by atoms with Crippen LogP contribution in [0.4, 0.5) is 5.69 Å². The van der Waals surface area contributed by atoms with Crippen molar-refractivity contribution in [3.05, 3.63) is 40.6 Å². The largest absolute Gasteiger partial charge is 0.464 e. The van der Waals surface area contributed by atoms with E-state index in [-0.39, 0.29) is 12.1 Å². The smallest absolute Gasteiger partial charge is 0.355 e. The molecule has 0 saturated carbocycles. The van der Waals surface area contributed by atoms with Crippen molar-refractivity contribution in [3.63, 3.8) is 0 Å². The number of imide groups is 1. The second-order valence-electron chi connectivity index (χ2n) is 6.90. The van der Waals surface area contributed by atoms with E-state index < -0.39 is 29.2 Å². The molecule has 1 spiro atoms. The zero-order valence-electron chi connectivity index (χ0n) is 15.9. The molecule has 1 atom stereocenters. The van der Waals surface area contributed by atoms with Crippen LogP contribution in [0.15, 0.2) is 23.9 Å². The van der Waals surface area contributed by atoms with E-state index in [9.17, 15) is 19.2 Å². The number of esters is 1. The molecule has 27 heavy (non-hydrogen) atoms. The number of aryl methyl sites for hydroxylation is 3. The van der Waals surface area contributed by atoms with Crippen molar-refractivity contribution in [3.8, 4) is 0 Å². The van der Waals surface area contributed by atoms with Crippen molar-refractivity contribution >= 4 is 29.4 Å². The van der Waals surface area contributed by atoms with Crippen molar-refractivity contribution in [1.29, 1.82) is 0 Å². The Morgan fingerprint density at radius 2 is 1.74 bits per heavy atom. The molecule has 0 bridgehead atoms. The molecular formula is C19H21N3O5. The Hall–Kier alpha value is -3.16. The van der Waals surface area contributed by atoms with Crippen molar-refractivity contribution in [2.75, 3.05) is 12.0 Å². The number of carbonyl (C=O) groups is 4. The third-order valence-electron chi connectivity index (χ3n) is 4.84. The summed E-state index contributed by atoms with van der Waals surface area (Å²) in [5, 5.41) is 1.03. The van der Waals surface area contributed by atoms with Gasteiger partial charge < -0.3 is 4.74 Å². The van der Waals surface area contributed by atoms with Gasteiger partial charge >= 0.3 is 5.97 Å². The average Bonchev–Trinajstić information content (AvgIpc) is 3.07. The maximum atomic E-state index is 13.4. The lowest BCUT2D eigenvalue weighted by Crippen LogP contribution is -2.56. The van der Waals surface area contributed by atoms with Gasteiger partial charge in [0.15, 0.2) is 5.54 Å². The number of nitrogens with one attached hydrogen (secondary N) is 1. The van der Waals surface area contributed by atoms with E-state index in [1.165, 1.54) is 20.1 Å². The predicted molar refractivity (Wildman–Crippen MR) is 96.2 cm³/mol. The van der Waals surface area contributed by atoms with Gasteiger partial charge in [-0.3, -0.25) is 19.8 Å². The molecule has 2 aliphatic heterocycles. The van der Waals surface area contributed by atoms with Gasteiger partial charge in [0, 0.05) is 6.92 Å². The molecule has 1 aromatic carbocycles. The molecule has 2 heterocycles. The Morgan fingerprint density at radius 3 is 2.26 bits per heavy atom. The molecule has 1 N–H and O–H groups in total. The minimum absolute atomic E-state index is 0.0481. The van der Waals surface area contributed by atoms with Gasteiger partial charge in [-0.15, -0.1) is 0 Å². The fraction of sp³-hybridized carbons (Fsp3) is 0.368. The van der Waals surface area contributed by atoms with E-state index in [1.807, 2.05) is 32.9 Å². The van der Waals surface area contributed by atoms with Crippen molar-refractivity contribution in [2.45, 2.75) is 39.7 Å². The van der Waals surface area contributed by atoms with Crippen LogP contribution in [0.3, 0.4) is 0 Å². The molecule has 2 aliphatic rings. The van der Waals surface area contributed by atoms with Crippen molar-refractivity contribution in [1.82, 2.24) is 10.4 Å². The maximum Gasteiger partial charge on any atom is 0.355 e. The molecule has 1 aromatic rings. The monoisotopic (exact) mass is 371 g/mol. The predicted octanol–water partition coefficient (Wildman–Crippen LogP) is 1.04. The Bertz CT molecular complexity index is 897. The minimum Gasteiger partial charge on any atom is -0.464 e. The fourth-order valence-electron chi connectivity index (χ4n) is 3.86. The molecule has 1 fully saturated rings. The number of ether oxygens (including phenoxy) is 1. The van der Waals surface area contributed by atoms with Gasteiger partial charge in [-0.1, -0.05) is 17.7 Å². The van der Waals surface area contributed by atoms with Gasteiger partial charge in [0.25, 0.3) is 5.91 Å². The molecule has 0 radical (unpaired) electrons. The van der Waals surface area contributed by atoms with Crippen molar-refractivity contribution < 1.29 is 23.9 Å². The highest BCUT2D eigenvalue weighted by molar-refractivity contribution is 6.27. The summed E-state index contributed by atoms with van der Waals surface area (Å²) >= 11 is 0. The van der Waals surface area contributed by atoms with Gasteiger partial charge in [0.05, 0.1) is 19.2 Å². The van der Waals surface area contributed by atoms with E-state index in [2.05, 4.69) is 10.2 Å². The number of hydrazine groups is 1. The van der Waals surface area contributed by atoms with Crippen LogP contribution >= 0.6 is 0 Å². The SMILES string of the molecule is COC(=O)C1=C[C@@]2(CC(=O)N(c3c(C)cc(C)cc3C)C2=O)N(C(C)=O)N1. The van der Waals surface area contributed by atoms with Crippen LogP contribution in [0, 0.1) is 20.8 Å². The zero-order chi connectivity index (χ0) is 20.1. The van der Waals surface area contributed by atoms with E-state index >= 15 is 0 Å². The Kier molecular flexibility index (Phi) is 4.29. The lowest BCUT2D eigenvalue weighted by molar-refractivity contribution is -0.143. The van der Waals surface area contributed by atoms with Gasteiger partial charge in [0.2, 0.25) is 11.8 Å². The lowest BCUT2D eigenvalue weighted by Gasteiger charge is -2.31. The average molecular weight is 371 g/mol. The number of rotatable bonds is 2. The topological polar surface area (TPSA) is 96.0 Å². The first-order valence-corrected chi connectivity index (χ1v) is 8.46. The molecule has 0 aliphatic carbocycles. The Morgan fingerprint density at radius 1 is 1.15 bits per heavy atom. The molecule has 3 amide bonds. The molecule has 8 nitrogen and oxygen atoms in total. The Balaban J connectivity index is 2.13. The lowest BCUT2D eigenvalue weighted by atomic mass is 9.96. The van der Waals surface area contributed by atoms with E-state index in [1.54, 1.807) is 0 Å². The second-order valence-corrected chi connectivity index (χ2v) is 6.90. The molecular weight excluding hydrogens is 350 g/mol. The number of anilines is 1. The van der Waals surface area contributed by atoms with Gasteiger partial charge in [-0.25, -0.2) is 14.7 Å². The summed E-state index contributed by atoms with van der Waals surface area (Å²) in [4.78, 5) is 51.4. The number of methoxy groups -OCH3 is 1. The van der Waals surface area contributed by atoms with Crippen LogP contribution in [-0.4, -0.2) is 41.3 Å². The first-order chi connectivity index (χ1) is 12.6. The molecule has 1 saturated heterocycles. The number of carbonyl (C=O) groups excluding carboxylic acids is 4. The summed E-state index contributed by atoms with van der Waals surface area (Å²) in [5.41, 5.74) is 4.06. The van der Waals surface area contributed by atoms with E-state index in [0.29, 0.717) is 5.69 Å². The van der Waals surface area contributed by atoms with Gasteiger partial charge in [0.1, 0.15) is 5.70 Å². The molecule has 3 rings (SSSR count). The normalized spacial score (nSPS) is 21.6. The quantitative estimate of drug-likeness (QED) is 0.616. The highest BCUT2D eigenvalue weighted by Gasteiger charge is 2.59. The first-order valence-electron chi connectivity index (χ1n) is 8.46. The summed E-state index contributed by atoms with van der Waals surface area (Å²) in [6, 6.07) is 3.78. The Labute approximate surface area is 156 Å². The fourth-order valence-corrected chi connectivity index (χ4v) is 3.86. The van der Waals surface area contributed by atoms with Crippen LogP contribution < -0.4 is 10.3 Å². The minimum atomic E-state index is -1.59. The third kappa shape index (κ3) is 2.68. The molecule has 0 aromatic heterocycles. The van der Waals surface area contributed by atoms with Crippen LogP contribution in [-0.2, 0) is 23.9 Å². The molecule has 8 heteroatoms. The maximum absolute atomic E-state index is 13.4. The highest BCUT2D eigenvalue weighted by Crippen LogP contribution is 2.40. The first kappa shape index (κ1) is 18.6. The third-order valence-corrected chi connectivity index (χ3v) is 4.84. The van der Waals surface area contributed by atoms with Gasteiger partial charge in [-0.2, -0.15) is 0 Å². The van der Waals surface area contributed by atoms with Crippen LogP contribution in [0.1, 0.15) is 30.0 Å². The van der Waals surface area contributed by atoms with Crippen LogP contribution in [0.2, 0.25) is 0 Å². The van der Waals surface area contributed by atoms with Crippen LogP contribution in [0.25, 0.3) is 0 Å². The van der Waals surface area contributed by atoms with Crippen molar-refractivity contribution in [2.24, 2.45) is 0 Å². The number of benzene rings is 1. The molecule has 142 valence electrons. The summed E-state index contributed by atoms with van der Waals surface area (Å²) in [5.74, 6) is -2.24. The highest BCUT2D eigenvalue weighted by atomic mass is 16.5. The molecule has 0 unspecified atom stereocenters. The summed E-state index contributed by atoms with van der Waals surface area (Å²) in [7, 11) is 1.20. The number of nitrogens with zero attached hydrogens (tertiary/aromatic N) is 2. The summed E-state index contributed by atoms with van der Waals surface area (Å²) < 4.78 is 4.67. The van der Waals surface area contributed by atoms with Crippen LogP contribution in [0.5, 0.6) is 0 Å². The number of amides is 3. The van der Waals surface area contributed by atoms with E-state index in [0.717, 1.165) is 26.6 Å². The van der Waals surface area contributed by atoms with Gasteiger partial charge in [-0.05, 0) is 38.0 Å². The van der Waals surface area contributed by atoms with E-state index in [4.69, 9.17) is 0 Å². The summed E-state index contributed by atoms with van der Waals surface area (Å²) in [6.45, 7) is 6.84. The second kappa shape index (κ2) is 6.22. The standard InChI is InChI=1S/C19H21N3O5/c1-10-6-11(2)16(12(3)7-10)21-15(24)9-19(18(21)26)8-14(17(25)27-5)20-22(19)13(4)23/h6-8,20H,9H2,1-5H3/t19-/m0/s1. The number of hydrogen-bond acceptors (Lipinski definition) is 6. The zero-order valence-corrected chi connectivity index (χ0v) is 15.9. The summed E-state index contributed by atoms with van der Waals surface area (Å²) in [6.07, 6.45) is 1.05.